The Bertz CT molecular complexity index is 1190. The zero-order chi connectivity index (χ0) is 20.4. The predicted molar refractivity (Wildman–Crippen MR) is 111 cm³/mol. The Labute approximate surface area is 171 Å². The van der Waals surface area contributed by atoms with Crippen LogP contribution in [-0.2, 0) is 5.75 Å². The van der Waals surface area contributed by atoms with Crippen molar-refractivity contribution in [1.82, 2.24) is 19.6 Å². The number of nitrogens with one attached hydrogen (secondary N) is 1. The fourth-order valence-corrected chi connectivity index (χ4v) is 3.75. The van der Waals surface area contributed by atoms with Crippen molar-refractivity contribution in [2.24, 2.45) is 0 Å². The largest absolute Gasteiger partial charge is 0.322 e. The number of thioether (sulfide) groups is 1. The molecule has 0 radical (unpaired) electrons. The Kier molecular flexibility index (Phi) is 5.26. The standard InChI is InChI=1S/C21H18FN5OS/c1-13-5-3-4-6-15(13)12-29-21-25-20-23-11-18(14(2)27(20)26-21)19(28)24-17-9-7-16(22)8-10-17/h3-11H,12H2,1-2H3,(H,24,28). The molecule has 0 aliphatic rings. The molecule has 1 N–H and O–H groups in total. The minimum Gasteiger partial charge on any atom is -0.322 e. The van der Waals surface area contributed by atoms with Crippen LogP contribution in [0.1, 0.15) is 27.2 Å². The van der Waals surface area contributed by atoms with Gasteiger partial charge in [0.1, 0.15) is 5.82 Å². The maximum absolute atomic E-state index is 13.0. The molecule has 6 nitrogen and oxygen atoms in total. The molecule has 0 unspecified atom stereocenters. The van der Waals surface area contributed by atoms with Crippen molar-refractivity contribution in [2.45, 2.75) is 24.8 Å². The maximum Gasteiger partial charge on any atom is 0.259 e. The van der Waals surface area contributed by atoms with E-state index in [9.17, 15) is 9.18 Å². The van der Waals surface area contributed by atoms with Gasteiger partial charge in [-0.3, -0.25) is 4.79 Å². The smallest absolute Gasteiger partial charge is 0.259 e. The van der Waals surface area contributed by atoms with E-state index in [1.165, 1.54) is 53.4 Å². The summed E-state index contributed by atoms with van der Waals surface area (Å²) in [5, 5.41) is 7.83. The molecule has 0 saturated heterocycles. The van der Waals surface area contributed by atoms with Gasteiger partial charge in [0.25, 0.3) is 11.7 Å². The van der Waals surface area contributed by atoms with E-state index < -0.39 is 0 Å². The van der Waals surface area contributed by atoms with E-state index >= 15 is 0 Å². The topological polar surface area (TPSA) is 72.2 Å². The normalized spacial score (nSPS) is 11.0. The lowest BCUT2D eigenvalue weighted by atomic mass is 10.1. The molecular formula is C21H18FN5OS. The first-order chi connectivity index (χ1) is 14.0. The van der Waals surface area contributed by atoms with Crippen LogP contribution in [0.2, 0.25) is 0 Å². The van der Waals surface area contributed by atoms with Crippen LogP contribution in [0.15, 0.2) is 59.9 Å². The second-order valence-corrected chi connectivity index (χ2v) is 7.48. The number of halogens is 1. The fourth-order valence-electron chi connectivity index (χ4n) is 2.85. The molecule has 0 aliphatic heterocycles. The van der Waals surface area contributed by atoms with Crippen molar-refractivity contribution in [3.63, 3.8) is 0 Å². The Morgan fingerprint density at radius 3 is 2.66 bits per heavy atom. The zero-order valence-electron chi connectivity index (χ0n) is 15.9. The molecule has 0 aliphatic carbocycles. The van der Waals surface area contributed by atoms with Crippen LogP contribution in [0.5, 0.6) is 0 Å². The summed E-state index contributed by atoms with van der Waals surface area (Å²) in [6.07, 6.45) is 1.48. The summed E-state index contributed by atoms with van der Waals surface area (Å²) in [7, 11) is 0. The van der Waals surface area contributed by atoms with Crippen LogP contribution in [0.3, 0.4) is 0 Å². The molecule has 2 heterocycles. The van der Waals surface area contributed by atoms with Crippen LogP contribution in [0.25, 0.3) is 5.78 Å². The van der Waals surface area contributed by atoms with Gasteiger partial charge < -0.3 is 5.32 Å². The van der Waals surface area contributed by atoms with Crippen LogP contribution in [-0.4, -0.2) is 25.5 Å². The quantitative estimate of drug-likeness (QED) is 0.496. The monoisotopic (exact) mass is 407 g/mol. The molecule has 0 fully saturated rings. The summed E-state index contributed by atoms with van der Waals surface area (Å²) >= 11 is 1.52. The van der Waals surface area contributed by atoms with E-state index in [1.807, 2.05) is 12.1 Å². The van der Waals surface area contributed by atoms with Crippen molar-refractivity contribution in [2.75, 3.05) is 5.32 Å². The number of amides is 1. The highest BCUT2D eigenvalue weighted by atomic mass is 32.2. The summed E-state index contributed by atoms with van der Waals surface area (Å²) in [6.45, 7) is 3.86. The lowest BCUT2D eigenvalue weighted by Crippen LogP contribution is -2.16. The Morgan fingerprint density at radius 1 is 1.14 bits per heavy atom. The Hall–Kier alpha value is -3.26. The van der Waals surface area contributed by atoms with Crippen LogP contribution < -0.4 is 5.32 Å². The molecule has 8 heteroatoms. The van der Waals surface area contributed by atoms with Crippen LogP contribution in [0, 0.1) is 19.7 Å². The third kappa shape index (κ3) is 4.12. The molecule has 0 spiro atoms. The van der Waals surface area contributed by atoms with Gasteiger partial charge in [-0.05, 0) is 49.2 Å². The Balaban J connectivity index is 1.54. The van der Waals surface area contributed by atoms with Gasteiger partial charge >= 0.3 is 0 Å². The number of nitrogens with zero attached hydrogens (tertiary/aromatic N) is 4. The predicted octanol–water partition coefficient (Wildman–Crippen LogP) is 4.42. The third-order valence-corrected chi connectivity index (χ3v) is 5.44. The molecule has 2 aromatic heterocycles. The first-order valence-electron chi connectivity index (χ1n) is 8.98. The number of anilines is 1. The molecule has 146 valence electrons. The fraction of sp³-hybridized carbons (Fsp3) is 0.143. The van der Waals surface area contributed by atoms with Gasteiger partial charge in [-0.2, -0.15) is 9.50 Å². The number of aryl methyl sites for hydroxylation is 2. The van der Waals surface area contributed by atoms with Gasteiger partial charge in [-0.25, -0.2) is 9.37 Å². The second-order valence-electron chi connectivity index (χ2n) is 6.54. The maximum atomic E-state index is 13.0. The molecule has 29 heavy (non-hydrogen) atoms. The summed E-state index contributed by atoms with van der Waals surface area (Å²) in [5.74, 6) is 0.488. The molecule has 0 bridgehead atoms. The summed E-state index contributed by atoms with van der Waals surface area (Å²) < 4.78 is 14.6. The number of aromatic nitrogens is 4. The first kappa shape index (κ1) is 19.1. The van der Waals surface area contributed by atoms with Gasteiger partial charge in [0, 0.05) is 17.6 Å². The van der Waals surface area contributed by atoms with E-state index in [1.54, 1.807) is 11.4 Å². The summed E-state index contributed by atoms with van der Waals surface area (Å²) in [5.41, 5.74) is 3.95. The van der Waals surface area contributed by atoms with Gasteiger partial charge in [0.05, 0.1) is 11.3 Å². The van der Waals surface area contributed by atoms with Crippen LogP contribution >= 0.6 is 11.8 Å². The van der Waals surface area contributed by atoms with Crippen molar-refractivity contribution in [1.29, 1.82) is 0 Å². The molecule has 4 aromatic rings. The van der Waals surface area contributed by atoms with Gasteiger partial charge in [-0.1, -0.05) is 36.0 Å². The van der Waals surface area contributed by atoms with Crippen molar-refractivity contribution >= 4 is 29.1 Å². The van der Waals surface area contributed by atoms with E-state index in [0.717, 1.165) is 5.75 Å². The van der Waals surface area contributed by atoms with Gasteiger partial charge in [-0.15, -0.1) is 5.10 Å². The number of hydrogen-bond acceptors (Lipinski definition) is 5. The number of hydrogen-bond donors (Lipinski definition) is 1. The highest BCUT2D eigenvalue weighted by Gasteiger charge is 2.16. The van der Waals surface area contributed by atoms with E-state index in [0.29, 0.717) is 27.9 Å². The second kappa shape index (κ2) is 8.00. The van der Waals surface area contributed by atoms with Crippen molar-refractivity contribution in [3.05, 3.63) is 82.9 Å². The third-order valence-electron chi connectivity index (χ3n) is 4.55. The average molecular weight is 407 g/mol. The highest BCUT2D eigenvalue weighted by Crippen LogP contribution is 2.22. The van der Waals surface area contributed by atoms with Gasteiger partial charge in [0.15, 0.2) is 0 Å². The highest BCUT2D eigenvalue weighted by molar-refractivity contribution is 7.98. The number of rotatable bonds is 5. The summed E-state index contributed by atoms with van der Waals surface area (Å²) in [4.78, 5) is 21.3. The average Bonchev–Trinajstić information content (AvgIpc) is 3.13. The Morgan fingerprint density at radius 2 is 1.90 bits per heavy atom. The number of carbonyl (C=O) groups excluding carboxylic acids is 1. The minimum atomic E-state index is -0.361. The van der Waals surface area contributed by atoms with Crippen molar-refractivity contribution < 1.29 is 9.18 Å². The summed E-state index contributed by atoms with van der Waals surface area (Å²) in [6, 6.07) is 13.8. The minimum absolute atomic E-state index is 0.340. The van der Waals surface area contributed by atoms with E-state index in [4.69, 9.17) is 0 Å². The van der Waals surface area contributed by atoms with Crippen molar-refractivity contribution in [3.8, 4) is 0 Å². The molecule has 0 saturated carbocycles. The van der Waals surface area contributed by atoms with E-state index in [2.05, 4.69) is 39.4 Å². The zero-order valence-corrected chi connectivity index (χ0v) is 16.7. The SMILES string of the molecule is Cc1ccccc1CSc1nc2ncc(C(=O)Nc3ccc(F)cc3)c(C)n2n1. The molecule has 2 aromatic carbocycles. The molecular weight excluding hydrogens is 389 g/mol. The number of benzene rings is 2. The number of fused-ring (bicyclic) bond motifs is 1. The lowest BCUT2D eigenvalue weighted by Gasteiger charge is -2.08. The molecule has 4 rings (SSSR count). The molecule has 0 atom stereocenters. The van der Waals surface area contributed by atoms with E-state index in [-0.39, 0.29) is 11.7 Å². The number of carbonyl (C=O) groups is 1. The van der Waals surface area contributed by atoms with Gasteiger partial charge in [0.2, 0.25) is 5.16 Å². The van der Waals surface area contributed by atoms with Crippen LogP contribution in [0.4, 0.5) is 10.1 Å². The molecule has 1 amide bonds. The lowest BCUT2D eigenvalue weighted by molar-refractivity contribution is 0.102. The first-order valence-corrected chi connectivity index (χ1v) is 9.96.